The van der Waals surface area contributed by atoms with Gasteiger partial charge in [-0.1, -0.05) is 49.4 Å². The van der Waals surface area contributed by atoms with Crippen molar-refractivity contribution in [3.8, 4) is 11.3 Å². The first-order valence-corrected chi connectivity index (χ1v) is 15.1. The lowest BCUT2D eigenvalue weighted by atomic mass is 10.0. The second-order valence-corrected chi connectivity index (χ2v) is 10.8. The van der Waals surface area contributed by atoms with Gasteiger partial charge in [0.15, 0.2) is 0 Å². The maximum Gasteiger partial charge on any atom is 0.416 e. The molecule has 0 saturated heterocycles. The van der Waals surface area contributed by atoms with Gasteiger partial charge >= 0.3 is 6.18 Å². The SMILES string of the molecule is CCCN(CC)C(=O)[C@@H](NC(=O)c1ccc2nc(NC(=O)c3cccnc3-c3ccc(C(F)(F)F)cc3)ccc2c1)c1ccccc1. The quantitative estimate of drug-likeness (QED) is 0.167. The van der Waals surface area contributed by atoms with Crippen molar-refractivity contribution in [3.05, 3.63) is 126 Å². The number of anilines is 1. The number of fused-ring (bicyclic) bond motifs is 1. The largest absolute Gasteiger partial charge is 0.416 e. The van der Waals surface area contributed by atoms with Crippen molar-refractivity contribution in [2.45, 2.75) is 32.5 Å². The third-order valence-corrected chi connectivity index (χ3v) is 7.57. The summed E-state index contributed by atoms with van der Waals surface area (Å²) in [6, 6.07) is 23.9. The first-order chi connectivity index (χ1) is 22.6. The van der Waals surface area contributed by atoms with Gasteiger partial charge in [-0.05, 0) is 73.5 Å². The number of nitrogens with zero attached hydrogens (tertiary/aromatic N) is 3. The predicted octanol–water partition coefficient (Wildman–Crippen LogP) is 7.30. The van der Waals surface area contributed by atoms with E-state index in [1.165, 1.54) is 24.4 Å². The number of hydrogen-bond acceptors (Lipinski definition) is 5. The summed E-state index contributed by atoms with van der Waals surface area (Å²) in [5.74, 6) is -0.929. The third kappa shape index (κ3) is 7.63. The number of benzene rings is 3. The molecule has 5 aromatic rings. The lowest BCUT2D eigenvalue weighted by Gasteiger charge is -2.27. The van der Waals surface area contributed by atoms with Crippen molar-refractivity contribution in [3.63, 3.8) is 0 Å². The molecule has 2 heterocycles. The molecular weight excluding hydrogens is 607 g/mol. The normalized spacial score (nSPS) is 11.9. The van der Waals surface area contributed by atoms with Crippen LogP contribution in [0.5, 0.6) is 0 Å². The standard InChI is InChI=1S/C36H32F3N5O3/c1-3-21-44(4-2)35(47)32(23-9-6-5-7-10-23)43-33(45)26-14-18-29-25(22-26)15-19-30(41-29)42-34(46)28-11-8-20-40-31(28)24-12-16-27(17-13-24)36(37,38)39/h5-20,22,32H,3-4,21H2,1-2H3,(H,43,45)(H,41,42,46)/t32-/m0/s1. The Balaban J connectivity index is 1.34. The van der Waals surface area contributed by atoms with Gasteiger partial charge in [0.1, 0.15) is 11.9 Å². The van der Waals surface area contributed by atoms with Crippen molar-refractivity contribution in [1.82, 2.24) is 20.2 Å². The molecule has 0 aliphatic heterocycles. The molecule has 11 heteroatoms. The van der Waals surface area contributed by atoms with Crippen LogP contribution in [0, 0.1) is 0 Å². The molecule has 8 nitrogen and oxygen atoms in total. The molecule has 0 saturated carbocycles. The molecule has 0 radical (unpaired) electrons. The second kappa shape index (κ2) is 14.2. The summed E-state index contributed by atoms with van der Waals surface area (Å²) in [6.45, 7) is 4.99. The van der Waals surface area contributed by atoms with Gasteiger partial charge in [0.25, 0.3) is 11.8 Å². The molecule has 1 atom stereocenters. The molecule has 2 N–H and O–H groups in total. The van der Waals surface area contributed by atoms with E-state index in [1.807, 2.05) is 32.0 Å². The third-order valence-electron chi connectivity index (χ3n) is 7.57. The van der Waals surface area contributed by atoms with Crippen LogP contribution in [-0.4, -0.2) is 45.7 Å². The molecule has 5 rings (SSSR count). The van der Waals surface area contributed by atoms with Gasteiger partial charge < -0.3 is 15.5 Å². The van der Waals surface area contributed by atoms with Crippen molar-refractivity contribution >= 4 is 34.4 Å². The van der Waals surface area contributed by atoms with Crippen molar-refractivity contribution in [2.24, 2.45) is 0 Å². The molecule has 240 valence electrons. The molecular formula is C36H32F3N5O3. The van der Waals surface area contributed by atoms with Crippen LogP contribution in [0.2, 0.25) is 0 Å². The molecule has 0 aliphatic carbocycles. The first-order valence-electron chi connectivity index (χ1n) is 15.1. The van der Waals surface area contributed by atoms with Gasteiger partial charge in [-0.2, -0.15) is 13.2 Å². The van der Waals surface area contributed by atoms with Crippen LogP contribution < -0.4 is 10.6 Å². The summed E-state index contributed by atoms with van der Waals surface area (Å²) >= 11 is 0. The molecule has 3 amide bonds. The fourth-order valence-corrected chi connectivity index (χ4v) is 5.18. The minimum Gasteiger partial charge on any atom is -0.341 e. The monoisotopic (exact) mass is 639 g/mol. The molecule has 0 fully saturated rings. The number of aromatic nitrogens is 2. The number of halogens is 3. The van der Waals surface area contributed by atoms with Gasteiger partial charge in [0.2, 0.25) is 5.91 Å². The topological polar surface area (TPSA) is 104 Å². The van der Waals surface area contributed by atoms with Gasteiger partial charge in [0.05, 0.1) is 22.3 Å². The smallest absolute Gasteiger partial charge is 0.341 e. The zero-order valence-electron chi connectivity index (χ0n) is 25.7. The lowest BCUT2D eigenvalue weighted by molar-refractivity contribution is -0.137. The molecule has 47 heavy (non-hydrogen) atoms. The number of alkyl halides is 3. The number of amides is 3. The maximum atomic E-state index is 13.4. The zero-order chi connectivity index (χ0) is 33.6. The summed E-state index contributed by atoms with van der Waals surface area (Å²) in [5.41, 5.74) is 1.44. The zero-order valence-corrected chi connectivity index (χ0v) is 25.7. The fraction of sp³-hybridized carbons (Fsp3) is 0.194. The van der Waals surface area contributed by atoms with Crippen LogP contribution in [0.15, 0.2) is 103 Å². The minimum atomic E-state index is -4.48. The Bertz CT molecular complexity index is 1900. The Labute approximate surface area is 269 Å². The van der Waals surface area contributed by atoms with Crippen molar-refractivity contribution in [2.75, 3.05) is 18.4 Å². The Morgan fingerprint density at radius 1 is 0.851 bits per heavy atom. The number of carbonyl (C=O) groups excluding carboxylic acids is 3. The van der Waals surface area contributed by atoms with E-state index >= 15 is 0 Å². The molecule has 0 bridgehead atoms. The average molecular weight is 640 g/mol. The van der Waals surface area contributed by atoms with Gasteiger partial charge in [0, 0.05) is 35.8 Å². The van der Waals surface area contributed by atoms with Crippen LogP contribution >= 0.6 is 0 Å². The Morgan fingerprint density at radius 2 is 1.60 bits per heavy atom. The van der Waals surface area contributed by atoms with Crippen LogP contribution in [-0.2, 0) is 11.0 Å². The minimum absolute atomic E-state index is 0.157. The van der Waals surface area contributed by atoms with E-state index in [0.29, 0.717) is 40.7 Å². The van der Waals surface area contributed by atoms with Crippen molar-refractivity contribution in [1.29, 1.82) is 0 Å². The van der Waals surface area contributed by atoms with Crippen LogP contribution in [0.4, 0.5) is 19.0 Å². The van der Waals surface area contributed by atoms with E-state index in [2.05, 4.69) is 20.6 Å². The van der Waals surface area contributed by atoms with E-state index in [4.69, 9.17) is 0 Å². The Hall–Kier alpha value is -5.58. The number of pyridine rings is 2. The fourth-order valence-electron chi connectivity index (χ4n) is 5.18. The lowest BCUT2D eigenvalue weighted by Crippen LogP contribution is -2.43. The second-order valence-electron chi connectivity index (χ2n) is 10.8. The van der Waals surface area contributed by atoms with E-state index in [9.17, 15) is 27.6 Å². The summed E-state index contributed by atoms with van der Waals surface area (Å²) in [7, 11) is 0. The number of hydrogen-bond donors (Lipinski definition) is 2. The van der Waals surface area contributed by atoms with E-state index in [0.717, 1.165) is 18.6 Å². The summed E-state index contributed by atoms with van der Waals surface area (Å²) in [6.07, 6.45) is -2.24. The first kappa shape index (κ1) is 32.8. The molecule has 0 unspecified atom stereocenters. The highest BCUT2D eigenvalue weighted by molar-refractivity contribution is 6.08. The highest BCUT2D eigenvalue weighted by atomic mass is 19.4. The number of rotatable bonds is 10. The van der Waals surface area contributed by atoms with Gasteiger partial charge in [-0.25, -0.2) is 4.98 Å². The average Bonchev–Trinajstić information content (AvgIpc) is 3.09. The molecule has 3 aromatic carbocycles. The molecule has 0 aliphatic rings. The van der Waals surface area contributed by atoms with Crippen LogP contribution in [0.1, 0.15) is 58.2 Å². The van der Waals surface area contributed by atoms with E-state index < -0.39 is 29.6 Å². The Morgan fingerprint density at radius 3 is 2.28 bits per heavy atom. The highest BCUT2D eigenvalue weighted by Gasteiger charge is 2.30. The Kier molecular flexibility index (Phi) is 9.94. The molecule has 0 spiro atoms. The predicted molar refractivity (Wildman–Crippen MR) is 174 cm³/mol. The summed E-state index contributed by atoms with van der Waals surface area (Å²) in [5, 5.41) is 6.26. The van der Waals surface area contributed by atoms with Crippen LogP contribution in [0.25, 0.3) is 22.2 Å². The highest BCUT2D eigenvalue weighted by Crippen LogP contribution is 2.31. The number of likely N-dealkylation sites (N-methyl/N-ethyl adjacent to an activating group) is 1. The van der Waals surface area contributed by atoms with Crippen LogP contribution in [0.3, 0.4) is 0 Å². The number of nitrogens with one attached hydrogen (secondary N) is 2. The van der Waals surface area contributed by atoms with Gasteiger partial charge in [-0.3, -0.25) is 19.4 Å². The van der Waals surface area contributed by atoms with Gasteiger partial charge in [-0.15, -0.1) is 0 Å². The number of carbonyl (C=O) groups is 3. The summed E-state index contributed by atoms with van der Waals surface area (Å²) in [4.78, 5) is 50.6. The molecule has 2 aromatic heterocycles. The van der Waals surface area contributed by atoms with Crippen molar-refractivity contribution < 1.29 is 27.6 Å². The summed E-state index contributed by atoms with van der Waals surface area (Å²) < 4.78 is 39.1. The van der Waals surface area contributed by atoms with E-state index in [-0.39, 0.29) is 23.0 Å². The van der Waals surface area contributed by atoms with E-state index in [1.54, 1.807) is 53.4 Å². The maximum absolute atomic E-state index is 13.4.